The molecule has 0 bridgehead atoms. The van der Waals surface area contributed by atoms with Crippen LogP contribution in [0.4, 0.5) is 51.1 Å². The molecule has 17 heteroatoms. The van der Waals surface area contributed by atoms with Crippen LogP contribution < -0.4 is 10.2 Å². The molecule has 0 aliphatic carbocycles. The number of carboxylic acids is 1. The van der Waals surface area contributed by atoms with Crippen LogP contribution in [0, 0.1) is 19.3 Å². The Bertz CT molecular complexity index is 1490. The van der Waals surface area contributed by atoms with Crippen molar-refractivity contribution in [2.24, 2.45) is 12.5 Å². The van der Waals surface area contributed by atoms with E-state index in [0.29, 0.717) is 37.6 Å². The van der Waals surface area contributed by atoms with Crippen LogP contribution in [0.1, 0.15) is 122 Å². The van der Waals surface area contributed by atoms with E-state index in [1.165, 1.54) is 32.5 Å². The minimum atomic E-state index is -4.48. The van der Waals surface area contributed by atoms with Gasteiger partial charge in [-0.2, -0.15) is 44.3 Å². The van der Waals surface area contributed by atoms with E-state index >= 15 is 0 Å². The van der Waals surface area contributed by atoms with Crippen molar-refractivity contribution in [3.05, 3.63) is 51.6 Å². The van der Waals surface area contributed by atoms with Crippen LogP contribution in [-0.4, -0.2) is 56.7 Å². The number of carboxylic acid groups (broad SMARTS) is 1. The first-order chi connectivity index (χ1) is 24.3. The van der Waals surface area contributed by atoms with Gasteiger partial charge in [0.15, 0.2) is 0 Å². The fourth-order valence-electron chi connectivity index (χ4n) is 5.68. The van der Waals surface area contributed by atoms with E-state index in [4.69, 9.17) is 0 Å². The molecule has 0 saturated heterocycles. The highest BCUT2D eigenvalue weighted by molar-refractivity contribution is 5.68. The van der Waals surface area contributed by atoms with Gasteiger partial charge in [-0.1, -0.05) is 77.4 Å². The summed E-state index contributed by atoms with van der Waals surface area (Å²) in [6.07, 6.45) is -11.4. The number of allylic oxidation sites excluding steroid dienone is 4. The molecule has 1 unspecified atom stereocenters. The van der Waals surface area contributed by atoms with E-state index in [1.807, 2.05) is 46.4 Å². The number of hydrogen-bond donors (Lipinski definition) is 2. The Morgan fingerprint density at radius 1 is 1.04 bits per heavy atom. The maximum atomic E-state index is 13.9. The summed E-state index contributed by atoms with van der Waals surface area (Å²) in [5, 5.41) is 24.4. The van der Waals surface area contributed by atoms with Crippen molar-refractivity contribution in [1.82, 2.24) is 20.2 Å². The topological polar surface area (TPSA) is 96.2 Å². The maximum absolute atomic E-state index is 13.9. The summed E-state index contributed by atoms with van der Waals surface area (Å²) >= 11 is 0. The molecule has 53 heavy (non-hydrogen) atoms. The summed E-state index contributed by atoms with van der Waals surface area (Å²) in [6.45, 7) is 18.3. The molecule has 1 atom stereocenters. The van der Waals surface area contributed by atoms with Crippen LogP contribution in [0.15, 0.2) is 29.4 Å². The van der Waals surface area contributed by atoms with E-state index in [0.717, 1.165) is 24.1 Å². The van der Waals surface area contributed by atoms with Crippen LogP contribution in [0.2, 0.25) is 0 Å². The Balaban J connectivity index is 0.00000114. The third kappa shape index (κ3) is 16.8. The average molecular weight is 775 g/mol. The molecule has 2 heterocycles. The van der Waals surface area contributed by atoms with Crippen LogP contribution >= 0.6 is 0 Å². The average Bonchev–Trinajstić information content (AvgIpc) is 3.35. The van der Waals surface area contributed by atoms with Gasteiger partial charge in [-0.15, -0.1) is 5.10 Å². The second kappa shape index (κ2) is 21.2. The normalized spacial score (nSPS) is 15.5. The molecule has 0 spiro atoms. The van der Waals surface area contributed by atoms with E-state index in [2.05, 4.69) is 20.7 Å². The van der Waals surface area contributed by atoms with E-state index < -0.39 is 47.5 Å². The molecule has 1 aromatic heterocycles. The van der Waals surface area contributed by atoms with Crippen molar-refractivity contribution in [1.29, 1.82) is 0 Å². The number of nitrogens with one attached hydrogen (secondary N) is 1. The molecule has 0 amide bonds. The third-order valence-electron chi connectivity index (χ3n) is 7.97. The molecule has 0 radical (unpaired) electrons. The zero-order chi connectivity index (χ0) is 41.5. The molecule has 304 valence electrons. The number of nitrogens with zero attached hydrogens (tertiary/aromatic N) is 5. The number of hydrogen-bond acceptors (Lipinski definition) is 6. The predicted molar refractivity (Wildman–Crippen MR) is 190 cm³/mol. The number of aryl methyl sites for hydroxylation is 2. The van der Waals surface area contributed by atoms with Crippen LogP contribution in [0.25, 0.3) is 0 Å². The van der Waals surface area contributed by atoms with Gasteiger partial charge in [-0.25, -0.2) is 0 Å². The van der Waals surface area contributed by atoms with Crippen molar-refractivity contribution in [2.45, 2.75) is 132 Å². The van der Waals surface area contributed by atoms with Crippen molar-refractivity contribution < 1.29 is 49.4 Å². The Hall–Kier alpha value is -3.79. The van der Waals surface area contributed by atoms with Gasteiger partial charge in [0.05, 0.1) is 31.5 Å². The van der Waals surface area contributed by atoms with Crippen LogP contribution in [0.5, 0.6) is 0 Å². The first-order valence-electron chi connectivity index (χ1n) is 17.5. The molecule has 0 saturated carbocycles. The molecule has 8 nitrogen and oxygen atoms in total. The number of aliphatic carboxylic acids is 1. The summed E-state index contributed by atoms with van der Waals surface area (Å²) in [5.41, 5.74) is -0.286. The second-order valence-electron chi connectivity index (χ2n) is 12.8. The highest BCUT2D eigenvalue weighted by Crippen LogP contribution is 2.45. The predicted octanol–water partition coefficient (Wildman–Crippen LogP) is 11.3. The number of benzene rings is 1. The Labute approximate surface area is 306 Å². The number of aromatic nitrogens is 4. The molecular weight excluding hydrogens is 719 g/mol. The first-order valence-corrected chi connectivity index (χ1v) is 17.5. The zero-order valence-electron chi connectivity index (χ0n) is 32.5. The third-order valence-corrected chi connectivity index (χ3v) is 7.97. The van der Waals surface area contributed by atoms with Crippen LogP contribution in [0.3, 0.4) is 0 Å². The number of fused-ring (bicyclic) bond motifs is 1. The highest BCUT2D eigenvalue weighted by Gasteiger charge is 2.38. The standard InChI is InChI=1S/C22H31F3N6O2.C10H12F6.2C2H6/c1-13-11-15-16(26-20-27-29-30(5)28-20)7-6-9-31(10-8-21(3,4)12-17(32)33)19(15)14(2)18(13)22(23,24)25;1-3-8(10(14,15)16)6-7(2)4-5-9(11,12)13;2*1-2/h11,16H,6-10,12H2,1-5H3,(H,26,28)(H,32,33);4,6H,3,5H2,1-2H3;2*1-2H3/b;7-4-,8-6+;;. The largest absolute Gasteiger partial charge is 0.481 e. The number of alkyl halides is 9. The van der Waals surface area contributed by atoms with Gasteiger partial charge in [0.2, 0.25) is 0 Å². The van der Waals surface area contributed by atoms with E-state index in [-0.39, 0.29) is 35.6 Å². The van der Waals surface area contributed by atoms with Crippen molar-refractivity contribution in [2.75, 3.05) is 23.3 Å². The Kier molecular flexibility index (Phi) is 19.7. The molecule has 1 aromatic carbocycles. The lowest BCUT2D eigenvalue weighted by Gasteiger charge is -2.33. The molecule has 3 rings (SSSR count). The van der Waals surface area contributed by atoms with E-state index in [1.54, 1.807) is 13.1 Å². The Morgan fingerprint density at radius 2 is 1.62 bits per heavy atom. The number of tetrazole rings is 1. The van der Waals surface area contributed by atoms with Crippen molar-refractivity contribution >= 4 is 17.6 Å². The van der Waals surface area contributed by atoms with Gasteiger partial charge in [0.25, 0.3) is 5.95 Å². The molecule has 1 aliphatic heterocycles. The fraction of sp³-hybridized carbons (Fsp3) is 0.667. The Morgan fingerprint density at radius 3 is 2.08 bits per heavy atom. The zero-order valence-corrected chi connectivity index (χ0v) is 32.5. The number of anilines is 2. The van der Waals surface area contributed by atoms with Crippen molar-refractivity contribution in [3.8, 4) is 0 Å². The highest BCUT2D eigenvalue weighted by atomic mass is 19.4. The molecule has 0 fully saturated rings. The molecule has 1 aliphatic rings. The summed E-state index contributed by atoms with van der Waals surface area (Å²) in [5.74, 6) is -0.567. The summed E-state index contributed by atoms with van der Waals surface area (Å²) < 4.78 is 114. The molecular formula is C36H55F9N6O2. The fourth-order valence-corrected chi connectivity index (χ4v) is 5.68. The first kappa shape index (κ1) is 49.2. The van der Waals surface area contributed by atoms with Gasteiger partial charge in [-0.05, 0) is 73.8 Å². The smallest absolute Gasteiger partial charge is 0.416 e. The molecule has 2 N–H and O–H groups in total. The van der Waals surface area contributed by atoms with Gasteiger partial charge in [0.1, 0.15) is 0 Å². The van der Waals surface area contributed by atoms with Gasteiger partial charge in [-0.3, -0.25) is 4.79 Å². The monoisotopic (exact) mass is 774 g/mol. The number of rotatable bonds is 10. The lowest BCUT2D eigenvalue weighted by Crippen LogP contribution is -2.31. The summed E-state index contributed by atoms with van der Waals surface area (Å²) in [6, 6.07) is 1.33. The molecule has 2 aromatic rings. The lowest BCUT2D eigenvalue weighted by molar-refractivity contribution is -0.140. The van der Waals surface area contributed by atoms with Gasteiger partial charge >= 0.3 is 24.5 Å². The quantitative estimate of drug-likeness (QED) is 0.183. The minimum absolute atomic E-state index is 0.00307. The lowest BCUT2D eigenvalue weighted by atomic mass is 9.85. The summed E-state index contributed by atoms with van der Waals surface area (Å²) in [7, 11) is 1.64. The van der Waals surface area contributed by atoms with Gasteiger partial charge < -0.3 is 15.3 Å². The van der Waals surface area contributed by atoms with Crippen molar-refractivity contribution in [3.63, 3.8) is 0 Å². The summed E-state index contributed by atoms with van der Waals surface area (Å²) in [4.78, 5) is 14.5. The maximum Gasteiger partial charge on any atom is 0.416 e. The van der Waals surface area contributed by atoms with Crippen LogP contribution in [-0.2, 0) is 18.0 Å². The van der Waals surface area contributed by atoms with Gasteiger partial charge in [0, 0.05) is 24.4 Å². The van der Waals surface area contributed by atoms with E-state index in [9.17, 15) is 49.4 Å². The number of halogens is 9. The SMILES string of the molecule is CC.CC.CC/C(=C\C(C)=C/CC(F)(F)F)C(F)(F)F.Cc1cc2c(c(C)c1C(F)(F)F)N(CCC(C)(C)CC(=O)O)CCCC2Nc1nnn(C)n1. The second-order valence-corrected chi connectivity index (χ2v) is 12.8. The number of carbonyl (C=O) groups is 1. The minimum Gasteiger partial charge on any atom is -0.481 e.